The molecule has 3 rings (SSSR count). The Morgan fingerprint density at radius 2 is 1.85 bits per heavy atom. The molecule has 0 aromatic heterocycles. The highest BCUT2D eigenvalue weighted by molar-refractivity contribution is 5.99. The minimum atomic E-state index is -0.247. The van der Waals surface area contributed by atoms with Crippen LogP contribution in [0.3, 0.4) is 0 Å². The number of hydrogen-bond donors (Lipinski definition) is 1. The van der Waals surface area contributed by atoms with Crippen LogP contribution in [0.1, 0.15) is 44.0 Å². The summed E-state index contributed by atoms with van der Waals surface area (Å²) < 4.78 is 17.1. The topological polar surface area (TPSA) is 97.4 Å². The molecule has 9 heteroatoms. The monoisotopic (exact) mass is 475 g/mol. The van der Waals surface area contributed by atoms with Crippen LogP contribution in [0.15, 0.2) is 18.2 Å². The molecule has 3 amide bonds. The number of ether oxygens (including phenoxy) is 3. The summed E-state index contributed by atoms with van der Waals surface area (Å²) in [6.07, 6.45) is 1.12. The standard InChI is InChI=1S/C25H37N3O6/c1-16-13-28(18(3)29)17(2)15-34-22-7-6-20(26-24(30)19-8-10-33-11-9-19)12-21(22)25(31)27(4)14-23(16)32-5/h6-7,12,16-17,19,23H,8-11,13-15H2,1-5H3,(H,26,30)/t16-,17+,23-/m1/s1. The van der Waals surface area contributed by atoms with Crippen LogP contribution in [0.5, 0.6) is 5.75 Å². The first-order chi connectivity index (χ1) is 16.2. The molecule has 0 radical (unpaired) electrons. The molecule has 1 aromatic rings. The summed E-state index contributed by atoms with van der Waals surface area (Å²) in [4.78, 5) is 41.8. The highest BCUT2D eigenvalue weighted by atomic mass is 16.5. The third-order valence-corrected chi connectivity index (χ3v) is 6.71. The first kappa shape index (κ1) is 26.0. The molecule has 0 aliphatic carbocycles. The molecule has 1 fully saturated rings. The predicted molar refractivity (Wildman–Crippen MR) is 128 cm³/mol. The van der Waals surface area contributed by atoms with Gasteiger partial charge in [0.1, 0.15) is 12.4 Å². The number of rotatable bonds is 3. The second-order valence-electron chi connectivity index (χ2n) is 9.36. The van der Waals surface area contributed by atoms with Gasteiger partial charge in [0.15, 0.2) is 0 Å². The maximum absolute atomic E-state index is 13.4. The second-order valence-corrected chi connectivity index (χ2v) is 9.36. The van der Waals surface area contributed by atoms with Crippen molar-refractivity contribution >= 4 is 23.4 Å². The van der Waals surface area contributed by atoms with Gasteiger partial charge in [-0.05, 0) is 38.0 Å². The maximum Gasteiger partial charge on any atom is 0.257 e. The van der Waals surface area contributed by atoms with Crippen LogP contribution < -0.4 is 10.1 Å². The predicted octanol–water partition coefficient (Wildman–Crippen LogP) is 2.40. The zero-order chi connectivity index (χ0) is 24.8. The van der Waals surface area contributed by atoms with E-state index in [1.54, 1.807) is 49.1 Å². The van der Waals surface area contributed by atoms with E-state index in [4.69, 9.17) is 14.2 Å². The van der Waals surface area contributed by atoms with Gasteiger partial charge >= 0.3 is 0 Å². The van der Waals surface area contributed by atoms with E-state index in [2.05, 4.69) is 5.32 Å². The van der Waals surface area contributed by atoms with Crippen molar-refractivity contribution in [1.29, 1.82) is 0 Å². The van der Waals surface area contributed by atoms with Crippen LogP contribution >= 0.6 is 0 Å². The Kier molecular flexibility index (Phi) is 8.90. The molecule has 2 aliphatic heterocycles. The Hall–Kier alpha value is -2.65. The summed E-state index contributed by atoms with van der Waals surface area (Å²) in [7, 11) is 3.34. The molecule has 1 aromatic carbocycles. The quantitative estimate of drug-likeness (QED) is 0.721. The average Bonchev–Trinajstić information content (AvgIpc) is 2.83. The zero-order valence-electron chi connectivity index (χ0n) is 20.8. The van der Waals surface area contributed by atoms with Crippen molar-refractivity contribution in [1.82, 2.24) is 9.80 Å². The Morgan fingerprint density at radius 3 is 2.50 bits per heavy atom. The number of carbonyl (C=O) groups excluding carboxylic acids is 3. The van der Waals surface area contributed by atoms with Gasteiger partial charge in [-0.3, -0.25) is 14.4 Å². The van der Waals surface area contributed by atoms with Crippen LogP contribution in [-0.2, 0) is 19.1 Å². The van der Waals surface area contributed by atoms with Crippen molar-refractivity contribution in [3.8, 4) is 5.75 Å². The molecular formula is C25H37N3O6. The summed E-state index contributed by atoms with van der Waals surface area (Å²) in [5.74, 6) is -0.00736. The van der Waals surface area contributed by atoms with Crippen molar-refractivity contribution in [3.05, 3.63) is 23.8 Å². The molecular weight excluding hydrogens is 438 g/mol. The number of amides is 3. The number of fused-ring (bicyclic) bond motifs is 1. The number of likely N-dealkylation sites (N-methyl/N-ethyl adjacent to an activating group) is 1. The molecule has 0 spiro atoms. The van der Waals surface area contributed by atoms with Crippen molar-refractivity contribution < 1.29 is 28.6 Å². The van der Waals surface area contributed by atoms with Crippen molar-refractivity contribution in [2.75, 3.05) is 52.4 Å². The van der Waals surface area contributed by atoms with E-state index < -0.39 is 0 Å². The molecule has 188 valence electrons. The fourth-order valence-electron chi connectivity index (χ4n) is 4.50. The normalized spacial score (nSPS) is 25.0. The molecule has 9 nitrogen and oxygen atoms in total. The molecule has 2 aliphatic rings. The van der Waals surface area contributed by atoms with Gasteiger partial charge in [-0.2, -0.15) is 0 Å². The van der Waals surface area contributed by atoms with E-state index in [1.807, 2.05) is 13.8 Å². The van der Waals surface area contributed by atoms with E-state index >= 15 is 0 Å². The lowest BCUT2D eigenvalue weighted by Gasteiger charge is -2.35. The maximum atomic E-state index is 13.4. The number of anilines is 1. The van der Waals surface area contributed by atoms with E-state index in [0.29, 0.717) is 56.1 Å². The number of benzene rings is 1. The summed E-state index contributed by atoms with van der Waals surface area (Å²) in [6, 6.07) is 4.91. The van der Waals surface area contributed by atoms with Crippen LogP contribution in [-0.4, -0.2) is 86.7 Å². The van der Waals surface area contributed by atoms with E-state index in [1.165, 1.54) is 0 Å². The van der Waals surface area contributed by atoms with Gasteiger partial charge in [0.25, 0.3) is 5.91 Å². The van der Waals surface area contributed by atoms with Crippen LogP contribution in [0, 0.1) is 11.8 Å². The highest BCUT2D eigenvalue weighted by Crippen LogP contribution is 2.27. The molecule has 34 heavy (non-hydrogen) atoms. The minimum Gasteiger partial charge on any atom is -0.491 e. The van der Waals surface area contributed by atoms with Gasteiger partial charge in [-0.1, -0.05) is 6.92 Å². The largest absolute Gasteiger partial charge is 0.491 e. The second kappa shape index (κ2) is 11.7. The molecule has 0 unspecified atom stereocenters. The Balaban J connectivity index is 1.89. The lowest BCUT2D eigenvalue weighted by molar-refractivity contribution is -0.133. The Labute approximate surface area is 201 Å². The fraction of sp³-hybridized carbons (Fsp3) is 0.640. The average molecular weight is 476 g/mol. The van der Waals surface area contributed by atoms with E-state index in [-0.39, 0.29) is 48.3 Å². The van der Waals surface area contributed by atoms with E-state index in [9.17, 15) is 14.4 Å². The number of methoxy groups -OCH3 is 1. The molecule has 0 bridgehead atoms. The Bertz CT molecular complexity index is 885. The lowest BCUT2D eigenvalue weighted by Crippen LogP contribution is -2.48. The fourth-order valence-corrected chi connectivity index (χ4v) is 4.50. The molecule has 1 N–H and O–H groups in total. The lowest BCUT2D eigenvalue weighted by atomic mass is 9.99. The first-order valence-corrected chi connectivity index (χ1v) is 11.9. The van der Waals surface area contributed by atoms with Gasteiger partial charge in [-0.25, -0.2) is 0 Å². The van der Waals surface area contributed by atoms with Gasteiger partial charge in [-0.15, -0.1) is 0 Å². The Morgan fingerprint density at radius 1 is 1.15 bits per heavy atom. The molecule has 0 saturated carbocycles. The van der Waals surface area contributed by atoms with Crippen molar-refractivity contribution in [2.45, 2.75) is 45.8 Å². The number of hydrogen-bond acceptors (Lipinski definition) is 6. The first-order valence-electron chi connectivity index (χ1n) is 11.9. The van der Waals surface area contributed by atoms with Crippen molar-refractivity contribution in [3.63, 3.8) is 0 Å². The zero-order valence-corrected chi connectivity index (χ0v) is 20.8. The smallest absolute Gasteiger partial charge is 0.257 e. The van der Waals surface area contributed by atoms with Crippen LogP contribution in [0.25, 0.3) is 0 Å². The van der Waals surface area contributed by atoms with Crippen molar-refractivity contribution in [2.24, 2.45) is 11.8 Å². The number of carbonyl (C=O) groups is 3. The van der Waals surface area contributed by atoms with Gasteiger partial charge in [0.2, 0.25) is 11.8 Å². The summed E-state index contributed by atoms with van der Waals surface area (Å²) in [6.45, 7) is 7.74. The van der Waals surface area contributed by atoms with Crippen LogP contribution in [0.2, 0.25) is 0 Å². The number of nitrogens with zero attached hydrogens (tertiary/aromatic N) is 2. The van der Waals surface area contributed by atoms with Crippen LogP contribution in [0.4, 0.5) is 5.69 Å². The third-order valence-electron chi connectivity index (χ3n) is 6.71. The summed E-state index contributed by atoms with van der Waals surface area (Å²) in [5.41, 5.74) is 0.902. The SMILES string of the molecule is CO[C@@H]1CN(C)C(=O)c2cc(NC(=O)C3CCOCC3)ccc2OC[C@H](C)N(C(C)=O)C[C@H]1C. The summed E-state index contributed by atoms with van der Waals surface area (Å²) >= 11 is 0. The van der Waals surface area contributed by atoms with Gasteiger partial charge in [0, 0.05) is 64.9 Å². The highest BCUT2D eigenvalue weighted by Gasteiger charge is 2.29. The minimum absolute atomic E-state index is 0.00981. The number of nitrogens with one attached hydrogen (secondary N) is 1. The summed E-state index contributed by atoms with van der Waals surface area (Å²) in [5, 5.41) is 2.94. The van der Waals surface area contributed by atoms with Gasteiger partial charge in [0.05, 0.1) is 17.7 Å². The van der Waals surface area contributed by atoms with Gasteiger partial charge < -0.3 is 29.3 Å². The third kappa shape index (κ3) is 6.27. The molecule has 3 atom stereocenters. The molecule has 2 heterocycles. The molecule has 1 saturated heterocycles. The van der Waals surface area contributed by atoms with E-state index in [0.717, 1.165) is 0 Å².